The van der Waals surface area contributed by atoms with Gasteiger partial charge in [-0.15, -0.1) is 0 Å². The molecule has 0 aliphatic rings. The zero-order chi connectivity index (χ0) is 14.2. The van der Waals surface area contributed by atoms with E-state index in [1.54, 1.807) is 7.11 Å². The Morgan fingerprint density at radius 2 is 1.80 bits per heavy atom. The number of methoxy groups -OCH3 is 1. The Bertz CT molecular complexity index is 609. The zero-order valence-corrected chi connectivity index (χ0v) is 11.4. The summed E-state index contributed by atoms with van der Waals surface area (Å²) in [5.41, 5.74) is 7.39. The quantitative estimate of drug-likeness (QED) is 0.866. The Morgan fingerprint density at radius 3 is 2.50 bits per heavy atom. The van der Waals surface area contributed by atoms with Crippen molar-refractivity contribution in [3.05, 3.63) is 59.7 Å². The number of nitrogens with two attached hydrogens (primary N) is 1. The van der Waals surface area contributed by atoms with E-state index in [1.807, 2.05) is 48.5 Å². The average Bonchev–Trinajstić information content (AvgIpc) is 2.52. The number of benzene rings is 2. The van der Waals surface area contributed by atoms with Crippen LogP contribution >= 0.6 is 0 Å². The molecule has 0 unspecified atom stereocenters. The summed E-state index contributed by atoms with van der Waals surface area (Å²) in [6.07, 6.45) is 0. The Balaban J connectivity index is 1.99. The molecule has 102 valence electrons. The van der Waals surface area contributed by atoms with E-state index in [4.69, 9.17) is 15.2 Å². The van der Waals surface area contributed by atoms with E-state index < -0.39 is 0 Å². The molecule has 3 nitrogen and oxygen atoms in total. The molecule has 2 N–H and O–H groups in total. The topological polar surface area (TPSA) is 44.5 Å². The van der Waals surface area contributed by atoms with Crippen molar-refractivity contribution in [3.63, 3.8) is 0 Å². The highest BCUT2D eigenvalue weighted by Gasteiger charge is 1.98. The van der Waals surface area contributed by atoms with Gasteiger partial charge in [-0.1, -0.05) is 24.0 Å². The fraction of sp³-hybridized carbons (Fsp3) is 0.176. The molecule has 0 aliphatic carbocycles. The van der Waals surface area contributed by atoms with Crippen molar-refractivity contribution in [1.82, 2.24) is 0 Å². The molecular formula is C17H17NO2. The molecule has 0 aromatic heterocycles. The van der Waals surface area contributed by atoms with Gasteiger partial charge in [0.25, 0.3) is 0 Å². The maximum absolute atomic E-state index is 5.72. The molecule has 20 heavy (non-hydrogen) atoms. The van der Waals surface area contributed by atoms with Crippen LogP contribution in [0.1, 0.15) is 11.1 Å². The molecular weight excluding hydrogens is 250 g/mol. The van der Waals surface area contributed by atoms with Crippen LogP contribution in [0.3, 0.4) is 0 Å². The SMILES string of the molecule is COc1ccc(OCc2cccc(C#CCN)c2)cc1. The molecule has 0 spiro atoms. The van der Waals surface area contributed by atoms with E-state index in [0.717, 1.165) is 22.6 Å². The van der Waals surface area contributed by atoms with Crippen LogP contribution in [0.15, 0.2) is 48.5 Å². The highest BCUT2D eigenvalue weighted by atomic mass is 16.5. The maximum Gasteiger partial charge on any atom is 0.120 e. The number of ether oxygens (including phenoxy) is 2. The Labute approximate surface area is 119 Å². The first-order valence-electron chi connectivity index (χ1n) is 6.36. The summed E-state index contributed by atoms with van der Waals surface area (Å²) in [7, 11) is 1.64. The molecule has 0 bridgehead atoms. The summed E-state index contributed by atoms with van der Waals surface area (Å²) in [6, 6.07) is 15.5. The molecule has 0 radical (unpaired) electrons. The number of hydrogen-bond acceptors (Lipinski definition) is 3. The van der Waals surface area contributed by atoms with E-state index >= 15 is 0 Å². The third kappa shape index (κ3) is 4.04. The van der Waals surface area contributed by atoms with Gasteiger partial charge in [0.1, 0.15) is 18.1 Å². The summed E-state index contributed by atoms with van der Waals surface area (Å²) in [5, 5.41) is 0. The first-order valence-corrected chi connectivity index (χ1v) is 6.36. The third-order valence-electron chi connectivity index (χ3n) is 2.73. The average molecular weight is 267 g/mol. The molecule has 3 heteroatoms. The lowest BCUT2D eigenvalue weighted by Gasteiger charge is -2.07. The van der Waals surface area contributed by atoms with E-state index in [-0.39, 0.29) is 0 Å². The first kappa shape index (κ1) is 14.0. The van der Waals surface area contributed by atoms with Crippen LogP contribution < -0.4 is 15.2 Å². The van der Waals surface area contributed by atoms with Gasteiger partial charge < -0.3 is 15.2 Å². The molecule has 0 saturated heterocycles. The van der Waals surface area contributed by atoms with Crippen LogP contribution in [0.4, 0.5) is 0 Å². The van der Waals surface area contributed by atoms with Crippen molar-refractivity contribution in [2.75, 3.05) is 13.7 Å². The first-order chi connectivity index (χ1) is 9.81. The lowest BCUT2D eigenvalue weighted by molar-refractivity contribution is 0.305. The van der Waals surface area contributed by atoms with Gasteiger partial charge in [0, 0.05) is 5.56 Å². The number of hydrogen-bond donors (Lipinski definition) is 1. The Hall–Kier alpha value is -2.44. The predicted molar refractivity (Wildman–Crippen MR) is 79.7 cm³/mol. The normalized spacial score (nSPS) is 9.50. The van der Waals surface area contributed by atoms with Crippen LogP contribution in [0, 0.1) is 11.8 Å². The maximum atomic E-state index is 5.72. The molecule has 0 aliphatic heterocycles. The molecule has 0 amide bonds. The smallest absolute Gasteiger partial charge is 0.120 e. The van der Waals surface area contributed by atoms with Gasteiger partial charge in [0.2, 0.25) is 0 Å². The molecule has 0 atom stereocenters. The van der Waals surface area contributed by atoms with Crippen molar-refractivity contribution in [2.45, 2.75) is 6.61 Å². The van der Waals surface area contributed by atoms with Crippen molar-refractivity contribution in [1.29, 1.82) is 0 Å². The monoisotopic (exact) mass is 267 g/mol. The Kier molecular flexibility index (Phi) is 5.05. The molecule has 0 heterocycles. The van der Waals surface area contributed by atoms with Gasteiger partial charge in [-0.3, -0.25) is 0 Å². The molecule has 0 saturated carbocycles. The van der Waals surface area contributed by atoms with E-state index in [9.17, 15) is 0 Å². The van der Waals surface area contributed by atoms with E-state index in [1.165, 1.54) is 0 Å². The van der Waals surface area contributed by atoms with Gasteiger partial charge in [-0.05, 0) is 42.0 Å². The minimum Gasteiger partial charge on any atom is -0.497 e. The van der Waals surface area contributed by atoms with Crippen LogP contribution in [0.2, 0.25) is 0 Å². The zero-order valence-electron chi connectivity index (χ0n) is 11.4. The van der Waals surface area contributed by atoms with Crippen LogP contribution in [-0.4, -0.2) is 13.7 Å². The lowest BCUT2D eigenvalue weighted by Crippen LogP contribution is -1.96. The highest BCUT2D eigenvalue weighted by Crippen LogP contribution is 2.18. The Morgan fingerprint density at radius 1 is 1.05 bits per heavy atom. The molecule has 2 aromatic carbocycles. The van der Waals surface area contributed by atoms with Crippen molar-refractivity contribution < 1.29 is 9.47 Å². The fourth-order valence-electron chi connectivity index (χ4n) is 1.73. The second-order valence-corrected chi connectivity index (χ2v) is 4.17. The summed E-state index contributed by atoms with van der Waals surface area (Å²) in [5.74, 6) is 7.48. The van der Waals surface area contributed by atoms with Crippen molar-refractivity contribution in [2.24, 2.45) is 5.73 Å². The minimum atomic E-state index is 0.368. The molecule has 2 aromatic rings. The van der Waals surface area contributed by atoms with Gasteiger partial charge in [-0.25, -0.2) is 0 Å². The van der Waals surface area contributed by atoms with Gasteiger partial charge in [-0.2, -0.15) is 0 Å². The third-order valence-corrected chi connectivity index (χ3v) is 2.73. The summed E-state index contributed by atoms with van der Waals surface area (Å²) < 4.78 is 10.8. The largest absolute Gasteiger partial charge is 0.497 e. The van der Waals surface area contributed by atoms with Crippen molar-refractivity contribution >= 4 is 0 Å². The van der Waals surface area contributed by atoms with Crippen LogP contribution in [0.25, 0.3) is 0 Å². The standard InChI is InChI=1S/C17H17NO2/c1-19-16-7-9-17(10-8-16)20-13-15-5-2-4-14(12-15)6-3-11-18/h2,4-5,7-10,12H,11,13,18H2,1H3. The lowest BCUT2D eigenvalue weighted by atomic mass is 10.1. The molecule has 2 rings (SSSR count). The minimum absolute atomic E-state index is 0.368. The van der Waals surface area contributed by atoms with Gasteiger partial charge in [0.05, 0.1) is 13.7 Å². The van der Waals surface area contributed by atoms with Crippen LogP contribution in [-0.2, 0) is 6.61 Å². The van der Waals surface area contributed by atoms with E-state index in [2.05, 4.69) is 11.8 Å². The van der Waals surface area contributed by atoms with Crippen molar-refractivity contribution in [3.8, 4) is 23.3 Å². The predicted octanol–water partition coefficient (Wildman–Crippen LogP) is 2.58. The second kappa shape index (κ2) is 7.22. The van der Waals surface area contributed by atoms with Gasteiger partial charge in [0.15, 0.2) is 0 Å². The summed E-state index contributed by atoms with van der Waals surface area (Å²) in [4.78, 5) is 0. The van der Waals surface area contributed by atoms with E-state index in [0.29, 0.717) is 13.2 Å². The fourth-order valence-corrected chi connectivity index (χ4v) is 1.73. The number of rotatable bonds is 4. The summed E-state index contributed by atoms with van der Waals surface area (Å²) in [6.45, 7) is 0.872. The summed E-state index contributed by atoms with van der Waals surface area (Å²) >= 11 is 0. The molecule has 0 fully saturated rings. The second-order valence-electron chi connectivity index (χ2n) is 4.17. The van der Waals surface area contributed by atoms with Crippen LogP contribution in [0.5, 0.6) is 11.5 Å². The van der Waals surface area contributed by atoms with Gasteiger partial charge >= 0.3 is 0 Å². The highest BCUT2D eigenvalue weighted by molar-refractivity contribution is 5.37.